The average Bonchev–Trinajstić information content (AvgIpc) is 2.43. The Morgan fingerprint density at radius 2 is 2.05 bits per heavy atom. The minimum Gasteiger partial charge on any atom is -0.508 e. The first-order valence-electron chi connectivity index (χ1n) is 6.72. The number of aromatic hydroxyl groups is 2. The van der Waals surface area contributed by atoms with Gasteiger partial charge in [0, 0.05) is 24.9 Å². The average molecular weight is 291 g/mol. The minimum atomic E-state index is -0.678. The Labute approximate surface area is 121 Å². The second-order valence-corrected chi connectivity index (χ2v) is 4.78. The van der Waals surface area contributed by atoms with Crippen molar-refractivity contribution in [1.82, 2.24) is 4.57 Å². The van der Waals surface area contributed by atoms with Crippen LogP contribution in [0.1, 0.15) is 26.7 Å². The number of esters is 1. The van der Waals surface area contributed by atoms with Crippen LogP contribution in [0.25, 0.3) is 10.9 Å². The van der Waals surface area contributed by atoms with Crippen LogP contribution >= 0.6 is 0 Å². The zero-order chi connectivity index (χ0) is 15.6. The number of carbonyl (C=O) groups excluding carboxylic acids is 1. The molecule has 6 nitrogen and oxygen atoms in total. The molecule has 1 heterocycles. The molecule has 1 aromatic heterocycles. The number of aromatic nitrogens is 1. The van der Waals surface area contributed by atoms with Gasteiger partial charge in [-0.05, 0) is 18.6 Å². The minimum absolute atomic E-state index is 0.00761. The van der Waals surface area contributed by atoms with E-state index in [0.717, 1.165) is 19.8 Å². The van der Waals surface area contributed by atoms with Gasteiger partial charge in [0.25, 0.3) is 5.56 Å². The number of rotatable bonds is 4. The lowest BCUT2D eigenvalue weighted by molar-refractivity contribution is -0.132. The number of phenolic OH excluding ortho intramolecular Hbond substituents is 1. The van der Waals surface area contributed by atoms with Crippen LogP contribution in [-0.2, 0) is 11.3 Å². The molecule has 21 heavy (non-hydrogen) atoms. The molecule has 0 aliphatic heterocycles. The van der Waals surface area contributed by atoms with Gasteiger partial charge in [0.05, 0.1) is 5.52 Å². The number of phenols is 1. The third-order valence-corrected chi connectivity index (χ3v) is 3.16. The van der Waals surface area contributed by atoms with E-state index in [-0.39, 0.29) is 11.5 Å². The molecule has 0 aliphatic rings. The van der Waals surface area contributed by atoms with Crippen molar-refractivity contribution in [2.45, 2.75) is 33.2 Å². The summed E-state index contributed by atoms with van der Waals surface area (Å²) in [6.45, 7) is 3.55. The Hall–Kier alpha value is -2.50. The third kappa shape index (κ3) is 2.84. The molecule has 0 unspecified atom stereocenters. The summed E-state index contributed by atoms with van der Waals surface area (Å²) < 4.78 is 6.25. The lowest BCUT2D eigenvalue weighted by Gasteiger charge is -2.14. The molecule has 0 aliphatic carbocycles. The number of benzene rings is 1. The summed E-state index contributed by atoms with van der Waals surface area (Å²) in [4.78, 5) is 23.5. The van der Waals surface area contributed by atoms with Crippen LogP contribution in [0.5, 0.6) is 17.2 Å². The first-order chi connectivity index (χ1) is 9.95. The smallest absolute Gasteiger partial charge is 0.308 e. The van der Waals surface area contributed by atoms with Crippen LogP contribution in [0.2, 0.25) is 0 Å². The van der Waals surface area contributed by atoms with E-state index in [1.165, 1.54) is 22.8 Å². The van der Waals surface area contributed by atoms with Crippen LogP contribution in [0, 0.1) is 0 Å². The van der Waals surface area contributed by atoms with Gasteiger partial charge in [0.1, 0.15) is 5.75 Å². The Morgan fingerprint density at radius 3 is 2.67 bits per heavy atom. The highest BCUT2D eigenvalue weighted by molar-refractivity contribution is 5.89. The first kappa shape index (κ1) is 14.9. The van der Waals surface area contributed by atoms with Gasteiger partial charge in [0.2, 0.25) is 5.75 Å². The number of hydrogen-bond donors (Lipinski definition) is 2. The molecule has 0 spiro atoms. The SMILES string of the molecule is CCCCn1c(=O)c(OC(C)=O)c(O)c2ccc(O)cc21. The zero-order valence-corrected chi connectivity index (χ0v) is 11.9. The zero-order valence-electron chi connectivity index (χ0n) is 11.9. The molecule has 0 atom stereocenters. The van der Waals surface area contributed by atoms with Crippen LogP contribution in [-0.4, -0.2) is 20.7 Å². The van der Waals surface area contributed by atoms with Gasteiger partial charge in [-0.1, -0.05) is 13.3 Å². The van der Waals surface area contributed by atoms with Crippen LogP contribution < -0.4 is 10.3 Å². The van der Waals surface area contributed by atoms with Crippen molar-refractivity contribution in [2.24, 2.45) is 0 Å². The maximum Gasteiger partial charge on any atom is 0.308 e. The summed E-state index contributed by atoms with van der Waals surface area (Å²) in [5.41, 5.74) is -0.184. The highest BCUT2D eigenvalue weighted by Crippen LogP contribution is 2.33. The maximum absolute atomic E-state index is 12.4. The van der Waals surface area contributed by atoms with E-state index in [1.807, 2.05) is 6.92 Å². The molecular weight excluding hydrogens is 274 g/mol. The molecule has 2 aromatic rings. The third-order valence-electron chi connectivity index (χ3n) is 3.16. The lowest BCUT2D eigenvalue weighted by Crippen LogP contribution is -2.24. The van der Waals surface area contributed by atoms with Crippen LogP contribution in [0.3, 0.4) is 0 Å². The number of fused-ring (bicyclic) bond motifs is 1. The van der Waals surface area contributed by atoms with Gasteiger partial charge in [-0.2, -0.15) is 0 Å². The van der Waals surface area contributed by atoms with E-state index in [0.29, 0.717) is 17.4 Å². The molecule has 6 heteroatoms. The number of aryl methyl sites for hydroxylation is 1. The van der Waals surface area contributed by atoms with E-state index in [2.05, 4.69) is 0 Å². The summed E-state index contributed by atoms with van der Waals surface area (Å²) in [6.07, 6.45) is 1.62. The predicted molar refractivity (Wildman–Crippen MR) is 77.8 cm³/mol. The maximum atomic E-state index is 12.4. The number of hydrogen-bond acceptors (Lipinski definition) is 5. The number of pyridine rings is 1. The number of ether oxygens (including phenoxy) is 1. The number of unbranched alkanes of at least 4 members (excludes halogenated alkanes) is 1. The Kier molecular flexibility index (Phi) is 4.16. The van der Waals surface area contributed by atoms with Gasteiger partial charge in [-0.3, -0.25) is 9.59 Å². The summed E-state index contributed by atoms with van der Waals surface area (Å²) >= 11 is 0. The largest absolute Gasteiger partial charge is 0.508 e. The Balaban J connectivity index is 2.78. The van der Waals surface area contributed by atoms with E-state index in [4.69, 9.17) is 4.74 Å². The van der Waals surface area contributed by atoms with Crippen molar-refractivity contribution in [3.05, 3.63) is 28.6 Å². The fourth-order valence-corrected chi connectivity index (χ4v) is 2.17. The number of nitrogens with zero attached hydrogens (tertiary/aromatic N) is 1. The molecule has 0 fully saturated rings. The first-order valence-corrected chi connectivity index (χ1v) is 6.72. The normalized spacial score (nSPS) is 10.8. The fourth-order valence-electron chi connectivity index (χ4n) is 2.17. The van der Waals surface area contributed by atoms with E-state index in [1.54, 1.807) is 0 Å². The van der Waals surface area contributed by atoms with Crippen molar-refractivity contribution in [2.75, 3.05) is 0 Å². The molecule has 2 rings (SSSR count). The standard InChI is InChI=1S/C15H17NO5/c1-3-4-7-16-12-8-10(18)5-6-11(12)13(19)14(15(16)20)21-9(2)17/h5-6,8,18-19H,3-4,7H2,1-2H3. The molecule has 0 saturated heterocycles. The van der Waals surface area contributed by atoms with Crippen molar-refractivity contribution < 1.29 is 19.7 Å². The molecule has 0 radical (unpaired) electrons. The van der Waals surface area contributed by atoms with Crippen molar-refractivity contribution in [1.29, 1.82) is 0 Å². The van der Waals surface area contributed by atoms with Crippen molar-refractivity contribution in [3.63, 3.8) is 0 Å². The second kappa shape index (κ2) is 5.87. The summed E-state index contributed by atoms with van der Waals surface area (Å²) in [5.74, 6) is -1.45. The Bertz CT molecular complexity index is 748. The Morgan fingerprint density at radius 1 is 1.33 bits per heavy atom. The topological polar surface area (TPSA) is 88.8 Å². The van der Waals surface area contributed by atoms with E-state index in [9.17, 15) is 19.8 Å². The molecule has 112 valence electrons. The van der Waals surface area contributed by atoms with Crippen LogP contribution in [0.4, 0.5) is 0 Å². The van der Waals surface area contributed by atoms with E-state index < -0.39 is 17.3 Å². The van der Waals surface area contributed by atoms with Crippen LogP contribution in [0.15, 0.2) is 23.0 Å². The number of carbonyl (C=O) groups is 1. The highest BCUT2D eigenvalue weighted by atomic mass is 16.5. The summed E-state index contributed by atoms with van der Waals surface area (Å²) in [5, 5.41) is 20.1. The summed E-state index contributed by atoms with van der Waals surface area (Å²) in [6, 6.07) is 4.28. The second-order valence-electron chi connectivity index (χ2n) is 4.78. The van der Waals surface area contributed by atoms with Gasteiger partial charge in [-0.15, -0.1) is 0 Å². The molecule has 0 amide bonds. The fraction of sp³-hybridized carbons (Fsp3) is 0.333. The molecular formula is C15H17NO5. The summed E-state index contributed by atoms with van der Waals surface area (Å²) in [7, 11) is 0. The molecule has 0 bridgehead atoms. The van der Waals surface area contributed by atoms with Gasteiger partial charge in [-0.25, -0.2) is 0 Å². The highest BCUT2D eigenvalue weighted by Gasteiger charge is 2.19. The lowest BCUT2D eigenvalue weighted by atomic mass is 10.1. The van der Waals surface area contributed by atoms with Crippen molar-refractivity contribution in [3.8, 4) is 17.2 Å². The molecule has 1 aromatic carbocycles. The quantitative estimate of drug-likeness (QED) is 0.842. The predicted octanol–water partition coefficient (Wildman–Crippen LogP) is 2.14. The molecule has 2 N–H and O–H groups in total. The molecule has 0 saturated carbocycles. The van der Waals surface area contributed by atoms with Gasteiger partial charge in [0.15, 0.2) is 5.75 Å². The van der Waals surface area contributed by atoms with E-state index >= 15 is 0 Å². The monoisotopic (exact) mass is 291 g/mol. The van der Waals surface area contributed by atoms with Gasteiger partial charge >= 0.3 is 5.97 Å². The van der Waals surface area contributed by atoms with Crippen molar-refractivity contribution >= 4 is 16.9 Å². The van der Waals surface area contributed by atoms with Gasteiger partial charge < -0.3 is 19.5 Å².